The first kappa shape index (κ1) is 28.7. The summed E-state index contributed by atoms with van der Waals surface area (Å²) in [7, 11) is 1.58. The second-order valence-corrected chi connectivity index (χ2v) is 10.6. The van der Waals surface area contributed by atoms with Gasteiger partial charge in [-0.3, -0.25) is 14.4 Å². The van der Waals surface area contributed by atoms with Crippen LogP contribution in [0, 0.1) is 29.6 Å². The summed E-state index contributed by atoms with van der Waals surface area (Å²) < 4.78 is 0. The maximum atomic E-state index is 14.0. The summed E-state index contributed by atoms with van der Waals surface area (Å²) in [5, 5.41) is 16.0. The summed E-state index contributed by atoms with van der Waals surface area (Å²) >= 11 is 0. The van der Waals surface area contributed by atoms with E-state index in [-0.39, 0.29) is 36.2 Å². The van der Waals surface area contributed by atoms with Gasteiger partial charge in [0.15, 0.2) is 0 Å². The first-order valence-corrected chi connectivity index (χ1v) is 13.7. The molecule has 1 aromatic rings. The van der Waals surface area contributed by atoms with E-state index in [1.54, 1.807) is 11.9 Å². The van der Waals surface area contributed by atoms with Crippen LogP contribution in [0.4, 0.5) is 11.4 Å². The van der Waals surface area contributed by atoms with Gasteiger partial charge in [0.25, 0.3) is 0 Å². The molecule has 0 bridgehead atoms. The minimum Gasteiger partial charge on any atom is -0.394 e. The van der Waals surface area contributed by atoms with E-state index in [2.05, 4.69) is 29.4 Å². The standard InChI is InChI=1S/C29H44N4O4/c1-7-19-10-15-23-25(24(19)27(35)30-6)29(37)33(22(17-34)16-18(4)5)26(23)28(36)31-20-11-13-21(14-12-20)32(8-2)9-3/h10-15,18-19,22-26,34H,7-9,16-17H2,1-6H3,(H,30,35)(H,31,36)/t19-,22-,23+,24-,25-,26+/m1/s1. The number of amides is 3. The van der Waals surface area contributed by atoms with Crippen LogP contribution in [0.25, 0.3) is 0 Å². The number of carbonyl (C=O) groups is 3. The number of anilines is 2. The van der Waals surface area contributed by atoms with Gasteiger partial charge in [-0.15, -0.1) is 0 Å². The molecule has 0 unspecified atom stereocenters. The molecule has 6 atom stereocenters. The van der Waals surface area contributed by atoms with Gasteiger partial charge in [0.05, 0.1) is 24.5 Å². The Balaban J connectivity index is 1.98. The van der Waals surface area contributed by atoms with E-state index in [4.69, 9.17) is 0 Å². The van der Waals surface area contributed by atoms with E-state index in [1.165, 1.54) is 0 Å². The topological polar surface area (TPSA) is 102 Å². The maximum Gasteiger partial charge on any atom is 0.247 e. The molecule has 0 aromatic heterocycles. The molecule has 3 N–H and O–H groups in total. The molecule has 8 nitrogen and oxygen atoms in total. The number of likely N-dealkylation sites (tertiary alicyclic amines) is 1. The van der Waals surface area contributed by atoms with E-state index in [0.29, 0.717) is 12.1 Å². The zero-order valence-electron chi connectivity index (χ0n) is 23.1. The second-order valence-electron chi connectivity index (χ2n) is 10.6. The quantitative estimate of drug-likeness (QED) is 0.395. The van der Waals surface area contributed by atoms with Crippen LogP contribution in [0.2, 0.25) is 0 Å². The van der Waals surface area contributed by atoms with Gasteiger partial charge >= 0.3 is 0 Å². The Bertz CT molecular complexity index is 973. The average molecular weight is 513 g/mol. The fourth-order valence-corrected chi connectivity index (χ4v) is 6.13. The lowest BCUT2D eigenvalue weighted by molar-refractivity contribution is -0.143. The number of allylic oxidation sites excluding steroid dienone is 1. The van der Waals surface area contributed by atoms with Crippen LogP contribution in [0.15, 0.2) is 36.4 Å². The molecular weight excluding hydrogens is 468 g/mol. The number of aliphatic hydroxyl groups is 1. The molecule has 8 heteroatoms. The van der Waals surface area contributed by atoms with Gasteiger partial charge in [-0.1, -0.05) is 32.9 Å². The Morgan fingerprint density at radius 1 is 1.05 bits per heavy atom. The normalized spacial score (nSPS) is 25.7. The van der Waals surface area contributed by atoms with Crippen LogP contribution < -0.4 is 15.5 Å². The molecule has 204 valence electrons. The van der Waals surface area contributed by atoms with E-state index in [9.17, 15) is 19.5 Å². The average Bonchev–Trinajstić information content (AvgIpc) is 3.19. The van der Waals surface area contributed by atoms with Crippen LogP contribution in [0.1, 0.15) is 47.5 Å². The van der Waals surface area contributed by atoms with Crippen LogP contribution in [-0.2, 0) is 14.4 Å². The first-order valence-electron chi connectivity index (χ1n) is 13.7. The molecule has 1 saturated heterocycles. The van der Waals surface area contributed by atoms with E-state index >= 15 is 0 Å². The molecular formula is C29H44N4O4. The van der Waals surface area contributed by atoms with Crippen molar-refractivity contribution >= 4 is 29.1 Å². The summed E-state index contributed by atoms with van der Waals surface area (Å²) in [5.74, 6) is -2.21. The van der Waals surface area contributed by atoms with Gasteiger partial charge in [0.2, 0.25) is 17.7 Å². The molecule has 0 radical (unpaired) electrons. The molecule has 0 spiro atoms. The third-order valence-corrected chi connectivity index (χ3v) is 7.95. The first-order chi connectivity index (χ1) is 17.7. The highest BCUT2D eigenvalue weighted by atomic mass is 16.3. The molecule has 1 fully saturated rings. The van der Waals surface area contributed by atoms with Gasteiger partial charge in [0.1, 0.15) is 6.04 Å². The van der Waals surface area contributed by atoms with Gasteiger partial charge in [-0.2, -0.15) is 0 Å². The van der Waals surface area contributed by atoms with Gasteiger partial charge in [-0.05, 0) is 62.8 Å². The highest BCUT2D eigenvalue weighted by molar-refractivity contribution is 6.02. The Labute approximate surface area is 221 Å². The number of nitrogens with one attached hydrogen (secondary N) is 2. The fraction of sp³-hybridized carbons (Fsp3) is 0.621. The van der Waals surface area contributed by atoms with Gasteiger partial charge in [0, 0.05) is 37.4 Å². The monoisotopic (exact) mass is 512 g/mol. The zero-order chi connectivity index (χ0) is 27.3. The Morgan fingerprint density at radius 2 is 1.70 bits per heavy atom. The third-order valence-electron chi connectivity index (χ3n) is 7.95. The van der Waals surface area contributed by atoms with Crippen molar-refractivity contribution in [2.45, 2.75) is 59.5 Å². The lowest BCUT2D eigenvalue weighted by Crippen LogP contribution is -2.51. The van der Waals surface area contributed by atoms with Crippen molar-refractivity contribution in [2.24, 2.45) is 29.6 Å². The summed E-state index contributed by atoms with van der Waals surface area (Å²) in [6.45, 7) is 11.8. The van der Waals surface area contributed by atoms with Crippen molar-refractivity contribution in [1.29, 1.82) is 0 Å². The largest absolute Gasteiger partial charge is 0.394 e. The molecule has 3 amide bonds. The van der Waals surface area contributed by atoms with Crippen molar-refractivity contribution in [3.05, 3.63) is 36.4 Å². The smallest absolute Gasteiger partial charge is 0.247 e. The number of rotatable bonds is 11. The molecule has 1 aromatic carbocycles. The van der Waals surface area contributed by atoms with Crippen LogP contribution in [-0.4, -0.2) is 66.6 Å². The van der Waals surface area contributed by atoms with Crippen molar-refractivity contribution in [2.75, 3.05) is 37.0 Å². The lowest BCUT2D eigenvalue weighted by atomic mass is 9.69. The summed E-state index contributed by atoms with van der Waals surface area (Å²) in [6.07, 6.45) is 5.23. The van der Waals surface area contributed by atoms with Crippen molar-refractivity contribution in [3.8, 4) is 0 Å². The number of carbonyl (C=O) groups excluding carboxylic acids is 3. The van der Waals surface area contributed by atoms with Gasteiger partial charge in [-0.25, -0.2) is 0 Å². The number of aliphatic hydroxyl groups excluding tert-OH is 1. The lowest BCUT2D eigenvalue weighted by Gasteiger charge is -2.34. The van der Waals surface area contributed by atoms with Crippen molar-refractivity contribution in [1.82, 2.24) is 10.2 Å². The predicted octanol–water partition coefficient (Wildman–Crippen LogP) is 3.28. The molecule has 1 aliphatic carbocycles. The minimum absolute atomic E-state index is 0.0842. The molecule has 2 aliphatic rings. The van der Waals surface area contributed by atoms with Crippen LogP contribution in [0.3, 0.4) is 0 Å². The summed E-state index contributed by atoms with van der Waals surface area (Å²) in [6, 6.07) is 6.39. The number of hydrogen-bond acceptors (Lipinski definition) is 5. The number of nitrogens with zero attached hydrogens (tertiary/aromatic N) is 2. The summed E-state index contributed by atoms with van der Waals surface area (Å²) in [5.41, 5.74) is 1.72. The highest BCUT2D eigenvalue weighted by Gasteiger charge is 2.58. The minimum atomic E-state index is -0.808. The van der Waals surface area contributed by atoms with E-state index in [0.717, 1.165) is 25.2 Å². The van der Waals surface area contributed by atoms with E-state index < -0.39 is 29.8 Å². The molecule has 1 aliphatic heterocycles. The maximum absolute atomic E-state index is 14.0. The highest BCUT2D eigenvalue weighted by Crippen LogP contribution is 2.46. The van der Waals surface area contributed by atoms with Crippen molar-refractivity contribution in [3.63, 3.8) is 0 Å². The number of benzene rings is 1. The van der Waals surface area contributed by atoms with Crippen molar-refractivity contribution < 1.29 is 19.5 Å². The Kier molecular flexibility index (Phi) is 9.76. The molecule has 0 saturated carbocycles. The Hall–Kier alpha value is -2.87. The number of fused-ring (bicyclic) bond motifs is 1. The predicted molar refractivity (Wildman–Crippen MR) is 147 cm³/mol. The molecule has 1 heterocycles. The molecule has 3 rings (SSSR count). The third kappa shape index (κ3) is 5.84. The number of hydrogen-bond donors (Lipinski definition) is 3. The molecule has 37 heavy (non-hydrogen) atoms. The second kappa shape index (κ2) is 12.6. The Morgan fingerprint density at radius 3 is 2.22 bits per heavy atom. The SMILES string of the molecule is CC[C@@H]1C=C[C@H]2[C@@H](C(=O)N([C@@H](CO)CC(C)C)[C@@H]2C(=O)Nc2ccc(N(CC)CC)cc2)[C@@H]1C(=O)NC. The van der Waals surface area contributed by atoms with Crippen LogP contribution in [0.5, 0.6) is 0 Å². The van der Waals surface area contributed by atoms with E-state index in [1.807, 2.05) is 57.2 Å². The zero-order valence-corrected chi connectivity index (χ0v) is 23.1. The van der Waals surface area contributed by atoms with Crippen LogP contribution >= 0.6 is 0 Å². The summed E-state index contributed by atoms with van der Waals surface area (Å²) in [4.78, 5) is 44.6. The van der Waals surface area contributed by atoms with Gasteiger partial charge < -0.3 is 25.5 Å². The fourth-order valence-electron chi connectivity index (χ4n) is 6.13.